The van der Waals surface area contributed by atoms with Crippen LogP contribution in [-0.2, 0) is 16.9 Å². The predicted molar refractivity (Wildman–Crippen MR) is 63.9 cm³/mol. The van der Waals surface area contributed by atoms with E-state index < -0.39 is 15.1 Å². The van der Waals surface area contributed by atoms with Crippen molar-refractivity contribution in [3.63, 3.8) is 0 Å². The topological polar surface area (TPSA) is 64.0 Å². The lowest BCUT2D eigenvalue weighted by Gasteiger charge is -2.23. The molecule has 0 spiro atoms. The van der Waals surface area contributed by atoms with Crippen molar-refractivity contribution in [1.29, 1.82) is 0 Å². The molecule has 1 heterocycles. The molecule has 0 aliphatic rings. The first-order valence-corrected chi connectivity index (χ1v) is 7.22. The van der Waals surface area contributed by atoms with Gasteiger partial charge in [-0.2, -0.15) is 0 Å². The van der Waals surface area contributed by atoms with Gasteiger partial charge >= 0.3 is 0 Å². The lowest BCUT2D eigenvalue weighted by molar-refractivity contribution is 0.482. The number of imidazole rings is 1. The Morgan fingerprint density at radius 1 is 1.56 bits per heavy atom. The molecule has 1 aromatic rings. The summed E-state index contributed by atoms with van der Waals surface area (Å²) in [5.41, 5.74) is 0. The second kappa shape index (κ2) is 4.97. The average Bonchev–Trinajstić information content (AvgIpc) is 2.58. The van der Waals surface area contributed by atoms with E-state index in [4.69, 9.17) is 0 Å². The van der Waals surface area contributed by atoms with Gasteiger partial charge in [0.05, 0.1) is 11.3 Å². The van der Waals surface area contributed by atoms with Gasteiger partial charge < -0.3 is 9.88 Å². The van der Waals surface area contributed by atoms with Gasteiger partial charge in [-0.1, -0.05) is 6.92 Å². The molecule has 1 N–H and O–H groups in total. The number of aryl methyl sites for hydroxylation is 1. The number of hydrogen-bond donors (Lipinski definition) is 1. The van der Waals surface area contributed by atoms with E-state index in [1.54, 1.807) is 13.1 Å². The summed E-state index contributed by atoms with van der Waals surface area (Å²) in [6, 6.07) is -0.264. The molecule has 0 radical (unpaired) electrons. The monoisotopic (exact) mass is 245 g/mol. The summed E-state index contributed by atoms with van der Waals surface area (Å²) in [4.78, 5) is 4.21. The molecule has 6 heteroatoms. The van der Waals surface area contributed by atoms with Gasteiger partial charge in [0.25, 0.3) is 0 Å². The van der Waals surface area contributed by atoms with Crippen molar-refractivity contribution >= 4 is 9.84 Å². The van der Waals surface area contributed by atoms with Gasteiger partial charge in [0, 0.05) is 25.7 Å². The van der Waals surface area contributed by atoms with E-state index in [1.807, 2.05) is 24.7 Å². The first-order valence-electron chi connectivity index (χ1n) is 5.27. The summed E-state index contributed by atoms with van der Waals surface area (Å²) in [7, 11) is -1.22. The molecule has 0 aromatic carbocycles. The summed E-state index contributed by atoms with van der Waals surface area (Å²) in [5, 5.41) is 2.68. The van der Waals surface area contributed by atoms with Crippen LogP contribution in [0.2, 0.25) is 0 Å². The van der Waals surface area contributed by atoms with Crippen molar-refractivity contribution in [2.75, 3.05) is 12.8 Å². The Hall–Kier alpha value is -0.880. The quantitative estimate of drug-likeness (QED) is 0.820. The third-order valence-electron chi connectivity index (χ3n) is 2.71. The highest BCUT2D eigenvalue weighted by atomic mass is 32.2. The number of sulfone groups is 1. The molecule has 0 aliphatic carbocycles. The van der Waals surface area contributed by atoms with Crippen molar-refractivity contribution in [2.45, 2.75) is 25.1 Å². The standard InChI is InChI=1S/C10H19N3O2S/c1-5-11-9(8(2)16(4,14)15)10-12-6-7-13(10)3/h6-9,11H,5H2,1-4H3. The van der Waals surface area contributed by atoms with Gasteiger partial charge in [0.1, 0.15) is 5.82 Å². The summed E-state index contributed by atoms with van der Waals surface area (Å²) in [6.07, 6.45) is 4.74. The van der Waals surface area contributed by atoms with Crippen LogP contribution in [0.15, 0.2) is 12.4 Å². The SMILES string of the molecule is CCNC(c1nccn1C)C(C)S(C)(=O)=O. The zero-order chi connectivity index (χ0) is 12.3. The highest BCUT2D eigenvalue weighted by Crippen LogP contribution is 2.19. The summed E-state index contributed by atoms with van der Waals surface area (Å²) < 4.78 is 25.0. The summed E-state index contributed by atoms with van der Waals surface area (Å²) >= 11 is 0. The van der Waals surface area contributed by atoms with Crippen molar-refractivity contribution in [1.82, 2.24) is 14.9 Å². The molecule has 0 aliphatic heterocycles. The Balaban J connectivity index is 3.05. The van der Waals surface area contributed by atoms with Crippen molar-refractivity contribution in [3.8, 4) is 0 Å². The molecule has 0 amide bonds. The fourth-order valence-electron chi connectivity index (χ4n) is 1.61. The third-order valence-corrected chi connectivity index (χ3v) is 4.33. The lowest BCUT2D eigenvalue weighted by Crippen LogP contribution is -2.36. The Bertz CT molecular complexity index is 439. The van der Waals surface area contributed by atoms with Crippen LogP contribution >= 0.6 is 0 Å². The third kappa shape index (κ3) is 2.82. The molecule has 5 nitrogen and oxygen atoms in total. The van der Waals surface area contributed by atoms with Crippen LogP contribution in [0.25, 0.3) is 0 Å². The number of aromatic nitrogens is 2. The highest BCUT2D eigenvalue weighted by molar-refractivity contribution is 7.91. The van der Waals surface area contributed by atoms with E-state index >= 15 is 0 Å². The van der Waals surface area contributed by atoms with Crippen LogP contribution in [0.3, 0.4) is 0 Å². The largest absolute Gasteiger partial charge is 0.337 e. The van der Waals surface area contributed by atoms with Crippen LogP contribution in [0.5, 0.6) is 0 Å². The summed E-state index contributed by atoms with van der Waals surface area (Å²) in [5.74, 6) is 0.750. The Kier molecular flexibility index (Phi) is 4.09. The van der Waals surface area contributed by atoms with Gasteiger partial charge in [0.2, 0.25) is 0 Å². The van der Waals surface area contributed by atoms with Crippen LogP contribution in [0, 0.1) is 0 Å². The number of hydrogen-bond acceptors (Lipinski definition) is 4. The number of rotatable bonds is 5. The minimum atomic E-state index is -3.08. The van der Waals surface area contributed by atoms with E-state index in [0.717, 1.165) is 5.82 Å². The first-order chi connectivity index (χ1) is 7.38. The maximum atomic E-state index is 11.6. The smallest absolute Gasteiger partial charge is 0.152 e. The second-order valence-corrected chi connectivity index (χ2v) is 6.37. The van der Waals surface area contributed by atoms with Gasteiger partial charge in [0.15, 0.2) is 9.84 Å². The molecular formula is C10H19N3O2S. The number of nitrogens with zero attached hydrogens (tertiary/aromatic N) is 2. The van der Waals surface area contributed by atoms with Gasteiger partial charge in [-0.05, 0) is 13.5 Å². The zero-order valence-electron chi connectivity index (χ0n) is 10.1. The fourth-order valence-corrected chi connectivity index (χ4v) is 2.32. The summed E-state index contributed by atoms with van der Waals surface area (Å²) in [6.45, 7) is 4.36. The zero-order valence-corrected chi connectivity index (χ0v) is 11.0. The Morgan fingerprint density at radius 2 is 2.19 bits per heavy atom. The minimum Gasteiger partial charge on any atom is -0.337 e. The first kappa shape index (κ1) is 13.2. The Labute approximate surface area is 96.8 Å². The van der Waals surface area contributed by atoms with Crippen molar-refractivity contribution in [2.24, 2.45) is 7.05 Å². The average molecular weight is 245 g/mol. The molecule has 0 fully saturated rings. The lowest BCUT2D eigenvalue weighted by atomic mass is 10.2. The molecule has 0 saturated carbocycles. The molecule has 0 bridgehead atoms. The van der Waals surface area contributed by atoms with E-state index in [2.05, 4.69) is 10.3 Å². The molecule has 2 atom stereocenters. The maximum absolute atomic E-state index is 11.6. The number of nitrogens with one attached hydrogen (secondary N) is 1. The molecule has 1 aromatic heterocycles. The van der Waals surface area contributed by atoms with E-state index in [-0.39, 0.29) is 6.04 Å². The molecule has 2 unspecified atom stereocenters. The van der Waals surface area contributed by atoms with E-state index in [9.17, 15) is 8.42 Å². The van der Waals surface area contributed by atoms with Crippen molar-refractivity contribution in [3.05, 3.63) is 18.2 Å². The minimum absolute atomic E-state index is 0.264. The Morgan fingerprint density at radius 3 is 2.56 bits per heavy atom. The van der Waals surface area contributed by atoms with Crippen molar-refractivity contribution < 1.29 is 8.42 Å². The van der Waals surface area contributed by atoms with E-state index in [0.29, 0.717) is 6.54 Å². The molecule has 92 valence electrons. The predicted octanol–water partition coefficient (Wildman–Crippen LogP) is 0.504. The van der Waals surface area contributed by atoms with E-state index in [1.165, 1.54) is 6.26 Å². The van der Waals surface area contributed by atoms with Gasteiger partial charge in [-0.15, -0.1) is 0 Å². The van der Waals surface area contributed by atoms with Gasteiger partial charge in [-0.25, -0.2) is 13.4 Å². The van der Waals surface area contributed by atoms with Crippen LogP contribution in [0.4, 0.5) is 0 Å². The fraction of sp³-hybridized carbons (Fsp3) is 0.700. The van der Waals surface area contributed by atoms with Crippen LogP contribution in [0.1, 0.15) is 25.7 Å². The second-order valence-electron chi connectivity index (χ2n) is 3.97. The van der Waals surface area contributed by atoms with Crippen LogP contribution in [-0.4, -0.2) is 36.0 Å². The van der Waals surface area contributed by atoms with Gasteiger partial charge in [-0.3, -0.25) is 0 Å². The van der Waals surface area contributed by atoms with Crippen LogP contribution < -0.4 is 5.32 Å². The molecule has 0 saturated heterocycles. The maximum Gasteiger partial charge on any atom is 0.152 e. The molecule has 1 rings (SSSR count). The normalized spacial score (nSPS) is 16.0. The molecular weight excluding hydrogens is 226 g/mol. The highest BCUT2D eigenvalue weighted by Gasteiger charge is 2.29. The molecule has 16 heavy (non-hydrogen) atoms.